The van der Waals surface area contributed by atoms with Crippen molar-refractivity contribution in [3.8, 4) is 0 Å². The normalized spacial score (nSPS) is 32.5. The molecule has 0 spiro atoms. The first-order chi connectivity index (χ1) is 8.57. The van der Waals surface area contributed by atoms with E-state index in [2.05, 4.69) is 13.8 Å². The maximum Gasteiger partial charge on any atom is 0.227 e. The number of carbonyl (C=O) groups excluding carboxylic acids is 1. The van der Waals surface area contributed by atoms with Gasteiger partial charge in [0.15, 0.2) is 0 Å². The minimum Gasteiger partial charge on any atom is -0.394 e. The van der Waals surface area contributed by atoms with Crippen molar-refractivity contribution in [1.82, 2.24) is 4.90 Å². The standard InChI is InChI=1S/C15H19NO2/c1-15(2)12-11(9-17)16(14(18)13(12)15)8-10-6-4-3-5-7-10/h3-7,11-13,17H,8-9H2,1-2H3. The highest BCUT2D eigenvalue weighted by Crippen LogP contribution is 2.65. The lowest BCUT2D eigenvalue weighted by Gasteiger charge is -2.29. The Labute approximate surface area is 107 Å². The van der Waals surface area contributed by atoms with Gasteiger partial charge in [-0.15, -0.1) is 0 Å². The van der Waals surface area contributed by atoms with Crippen LogP contribution in [0.3, 0.4) is 0 Å². The highest BCUT2D eigenvalue weighted by molar-refractivity contribution is 5.87. The predicted octanol–water partition coefficient (Wildman–Crippen LogP) is 1.66. The molecular formula is C15H19NO2. The summed E-state index contributed by atoms with van der Waals surface area (Å²) in [6.45, 7) is 4.95. The molecule has 1 aliphatic heterocycles. The predicted molar refractivity (Wildman–Crippen MR) is 68.6 cm³/mol. The summed E-state index contributed by atoms with van der Waals surface area (Å²) in [5, 5.41) is 9.57. The Morgan fingerprint density at radius 3 is 2.56 bits per heavy atom. The van der Waals surface area contributed by atoms with Gasteiger partial charge >= 0.3 is 0 Å². The second kappa shape index (κ2) is 3.82. The SMILES string of the molecule is CC1(C)C2C(=O)N(Cc3ccccc3)C(CO)C21. The summed E-state index contributed by atoms with van der Waals surface area (Å²) in [5.41, 5.74) is 1.21. The number of aliphatic hydroxyl groups is 1. The second-order valence-corrected chi connectivity index (χ2v) is 6.03. The summed E-state index contributed by atoms with van der Waals surface area (Å²) in [5.74, 6) is 0.671. The lowest BCUT2D eigenvalue weighted by molar-refractivity contribution is -0.134. The molecule has 3 unspecified atom stereocenters. The van der Waals surface area contributed by atoms with Crippen LogP contribution in [0.15, 0.2) is 30.3 Å². The van der Waals surface area contributed by atoms with E-state index in [9.17, 15) is 9.90 Å². The molecule has 3 atom stereocenters. The number of aliphatic hydroxyl groups excluding tert-OH is 1. The summed E-state index contributed by atoms with van der Waals surface area (Å²) < 4.78 is 0. The number of likely N-dealkylation sites (tertiary alicyclic amines) is 1. The zero-order chi connectivity index (χ0) is 12.9. The maximum atomic E-state index is 12.4. The van der Waals surface area contributed by atoms with E-state index in [-0.39, 0.29) is 29.9 Å². The average molecular weight is 245 g/mol. The quantitative estimate of drug-likeness (QED) is 0.880. The first-order valence-electron chi connectivity index (χ1n) is 6.52. The van der Waals surface area contributed by atoms with Crippen molar-refractivity contribution in [3.05, 3.63) is 35.9 Å². The van der Waals surface area contributed by atoms with E-state index in [0.717, 1.165) is 5.56 Å². The Hall–Kier alpha value is -1.35. The van der Waals surface area contributed by atoms with Crippen LogP contribution in [0.5, 0.6) is 0 Å². The van der Waals surface area contributed by atoms with E-state index in [0.29, 0.717) is 12.5 Å². The third-order valence-corrected chi connectivity index (χ3v) is 4.66. The molecule has 96 valence electrons. The summed E-state index contributed by atoms with van der Waals surface area (Å²) in [6, 6.07) is 9.98. The smallest absolute Gasteiger partial charge is 0.227 e. The minimum absolute atomic E-state index is 0.00212. The Bertz CT molecular complexity index is 469. The molecule has 0 bridgehead atoms. The van der Waals surface area contributed by atoms with Gasteiger partial charge in [0.25, 0.3) is 0 Å². The molecular weight excluding hydrogens is 226 g/mol. The molecule has 3 heteroatoms. The number of piperidine rings is 1. The lowest BCUT2D eigenvalue weighted by atomic mass is 10.0. The molecule has 1 heterocycles. The van der Waals surface area contributed by atoms with Crippen LogP contribution in [-0.4, -0.2) is 28.6 Å². The number of nitrogens with zero attached hydrogens (tertiary/aromatic N) is 1. The van der Waals surface area contributed by atoms with E-state index in [4.69, 9.17) is 0 Å². The first kappa shape index (κ1) is 11.7. The lowest BCUT2D eigenvalue weighted by Crippen LogP contribution is -2.41. The molecule has 1 N–H and O–H groups in total. The molecule has 18 heavy (non-hydrogen) atoms. The zero-order valence-corrected chi connectivity index (χ0v) is 10.8. The van der Waals surface area contributed by atoms with E-state index in [1.807, 2.05) is 35.2 Å². The Morgan fingerprint density at radius 2 is 1.94 bits per heavy atom. The van der Waals surface area contributed by atoms with Crippen LogP contribution in [-0.2, 0) is 11.3 Å². The molecule has 1 aliphatic carbocycles. The van der Waals surface area contributed by atoms with Gasteiger partial charge in [-0.2, -0.15) is 0 Å². The zero-order valence-electron chi connectivity index (χ0n) is 10.8. The fourth-order valence-corrected chi connectivity index (χ4v) is 3.59. The number of hydrogen-bond donors (Lipinski definition) is 1. The molecule has 1 saturated carbocycles. The summed E-state index contributed by atoms with van der Waals surface area (Å²) >= 11 is 0. The van der Waals surface area contributed by atoms with Crippen molar-refractivity contribution in [1.29, 1.82) is 0 Å². The van der Waals surface area contributed by atoms with Gasteiger partial charge in [0.05, 0.1) is 12.6 Å². The van der Waals surface area contributed by atoms with Crippen LogP contribution in [0, 0.1) is 17.3 Å². The molecule has 1 saturated heterocycles. The van der Waals surface area contributed by atoms with Crippen molar-refractivity contribution in [2.45, 2.75) is 26.4 Å². The fraction of sp³-hybridized carbons (Fsp3) is 0.533. The molecule has 3 rings (SSSR count). The van der Waals surface area contributed by atoms with Crippen molar-refractivity contribution >= 4 is 5.91 Å². The van der Waals surface area contributed by atoms with Crippen molar-refractivity contribution in [3.63, 3.8) is 0 Å². The Kier molecular flexibility index (Phi) is 2.49. The van der Waals surface area contributed by atoms with Gasteiger partial charge in [0.1, 0.15) is 0 Å². The average Bonchev–Trinajstić information content (AvgIpc) is 2.78. The molecule has 0 radical (unpaired) electrons. The highest BCUT2D eigenvalue weighted by Gasteiger charge is 2.71. The summed E-state index contributed by atoms with van der Waals surface area (Å²) in [6.07, 6.45) is 0. The number of amides is 1. The largest absolute Gasteiger partial charge is 0.394 e. The van der Waals surface area contributed by atoms with Crippen LogP contribution in [0.2, 0.25) is 0 Å². The van der Waals surface area contributed by atoms with Gasteiger partial charge in [0, 0.05) is 12.5 Å². The molecule has 1 aromatic rings. The van der Waals surface area contributed by atoms with E-state index in [1.54, 1.807) is 0 Å². The van der Waals surface area contributed by atoms with Gasteiger partial charge in [-0.05, 0) is 16.9 Å². The molecule has 2 fully saturated rings. The van der Waals surface area contributed by atoms with Crippen molar-refractivity contribution in [2.24, 2.45) is 17.3 Å². The van der Waals surface area contributed by atoms with Gasteiger partial charge in [0.2, 0.25) is 5.91 Å². The minimum atomic E-state index is -0.00212. The first-order valence-corrected chi connectivity index (χ1v) is 6.52. The number of benzene rings is 1. The number of carbonyl (C=O) groups is 1. The molecule has 0 aromatic heterocycles. The summed E-state index contributed by atoms with van der Waals surface area (Å²) in [7, 11) is 0. The van der Waals surface area contributed by atoms with Gasteiger partial charge in [-0.3, -0.25) is 4.79 Å². The Balaban J connectivity index is 1.80. The Morgan fingerprint density at radius 1 is 1.28 bits per heavy atom. The highest BCUT2D eigenvalue weighted by atomic mass is 16.3. The van der Waals surface area contributed by atoms with Crippen LogP contribution in [0.25, 0.3) is 0 Å². The van der Waals surface area contributed by atoms with E-state index >= 15 is 0 Å². The molecule has 2 aliphatic rings. The third-order valence-electron chi connectivity index (χ3n) is 4.66. The van der Waals surface area contributed by atoms with Crippen LogP contribution >= 0.6 is 0 Å². The van der Waals surface area contributed by atoms with Crippen LogP contribution in [0.4, 0.5) is 0 Å². The summed E-state index contributed by atoms with van der Waals surface area (Å²) in [4.78, 5) is 14.2. The topological polar surface area (TPSA) is 40.5 Å². The molecule has 1 amide bonds. The fourth-order valence-electron chi connectivity index (χ4n) is 3.59. The number of hydrogen-bond acceptors (Lipinski definition) is 2. The number of rotatable bonds is 3. The molecule has 3 nitrogen and oxygen atoms in total. The van der Waals surface area contributed by atoms with Crippen LogP contribution in [0.1, 0.15) is 19.4 Å². The third kappa shape index (κ3) is 1.50. The monoisotopic (exact) mass is 245 g/mol. The maximum absolute atomic E-state index is 12.4. The molecule has 1 aromatic carbocycles. The van der Waals surface area contributed by atoms with E-state index in [1.165, 1.54) is 0 Å². The second-order valence-electron chi connectivity index (χ2n) is 6.03. The number of fused-ring (bicyclic) bond motifs is 1. The van der Waals surface area contributed by atoms with E-state index < -0.39 is 0 Å². The van der Waals surface area contributed by atoms with Crippen LogP contribution < -0.4 is 0 Å². The van der Waals surface area contributed by atoms with Gasteiger partial charge in [-0.1, -0.05) is 44.2 Å². The van der Waals surface area contributed by atoms with Crippen molar-refractivity contribution in [2.75, 3.05) is 6.61 Å². The van der Waals surface area contributed by atoms with Gasteiger partial charge in [-0.25, -0.2) is 0 Å². The van der Waals surface area contributed by atoms with Crippen molar-refractivity contribution < 1.29 is 9.90 Å². The van der Waals surface area contributed by atoms with Gasteiger partial charge < -0.3 is 10.0 Å².